The molecule has 0 saturated heterocycles. The lowest BCUT2D eigenvalue weighted by Crippen LogP contribution is -2.49. The Morgan fingerprint density at radius 2 is 2.08 bits per heavy atom. The summed E-state index contributed by atoms with van der Waals surface area (Å²) in [6, 6.07) is 3.25. The van der Waals surface area contributed by atoms with Crippen LogP contribution in [-0.4, -0.2) is 37.6 Å². The molecule has 0 aromatic carbocycles. The highest BCUT2D eigenvalue weighted by molar-refractivity contribution is 8.00. The first kappa shape index (κ1) is 18.3. The van der Waals surface area contributed by atoms with E-state index in [1.165, 1.54) is 16.0 Å². The fourth-order valence-corrected chi connectivity index (χ4v) is 3.20. The van der Waals surface area contributed by atoms with Crippen molar-refractivity contribution in [1.29, 1.82) is 0 Å². The van der Waals surface area contributed by atoms with Gasteiger partial charge in [-0.1, -0.05) is 17.8 Å². The Kier molecular flexibility index (Phi) is 5.50. The van der Waals surface area contributed by atoms with Crippen LogP contribution in [0.25, 0.3) is 10.7 Å². The molecule has 0 saturated carbocycles. The van der Waals surface area contributed by atoms with Crippen LogP contribution in [0.15, 0.2) is 22.7 Å². The van der Waals surface area contributed by atoms with Crippen LogP contribution >= 0.6 is 23.1 Å². The summed E-state index contributed by atoms with van der Waals surface area (Å²) in [5.74, 6) is 6.10. The molecule has 0 aliphatic rings. The molecule has 24 heavy (non-hydrogen) atoms. The fraction of sp³-hybridized carbons (Fsp3) is 0.429. The minimum absolute atomic E-state index is 0.400. The molecule has 1 unspecified atom stereocenters. The van der Waals surface area contributed by atoms with Gasteiger partial charge in [-0.25, -0.2) is 9.47 Å². The van der Waals surface area contributed by atoms with Crippen molar-refractivity contribution in [3.05, 3.63) is 17.5 Å². The molecule has 3 amide bonds. The summed E-state index contributed by atoms with van der Waals surface area (Å²) in [6.07, 6.45) is 0. The largest absolute Gasteiger partial charge is 0.335 e. The third kappa shape index (κ3) is 4.71. The van der Waals surface area contributed by atoms with E-state index in [1.54, 1.807) is 6.92 Å². The third-order valence-corrected chi connectivity index (χ3v) is 4.71. The maximum absolute atomic E-state index is 12.1. The average Bonchev–Trinajstić information content (AvgIpc) is 3.07. The van der Waals surface area contributed by atoms with Gasteiger partial charge in [0.25, 0.3) is 0 Å². The summed E-state index contributed by atoms with van der Waals surface area (Å²) in [5.41, 5.74) is -0.423. The molecule has 0 aliphatic carbocycles. The topological polar surface area (TPSA) is 115 Å². The third-order valence-electron chi connectivity index (χ3n) is 2.78. The monoisotopic (exact) mass is 368 g/mol. The van der Waals surface area contributed by atoms with Gasteiger partial charge >= 0.3 is 6.03 Å². The standard InChI is InChI=1S/C14H20N6O2S2/c1-8(11(21)16-12(22)17-14(2,3)4)24-13-19-18-10(20(13)15)9-6-5-7-23-9/h5-8H,15H2,1-4H3,(H2,16,17,21,22). The summed E-state index contributed by atoms with van der Waals surface area (Å²) < 4.78 is 1.34. The highest BCUT2D eigenvalue weighted by Gasteiger charge is 2.23. The van der Waals surface area contributed by atoms with E-state index >= 15 is 0 Å². The van der Waals surface area contributed by atoms with Crippen LogP contribution in [0.2, 0.25) is 0 Å². The molecule has 10 heteroatoms. The molecule has 0 fully saturated rings. The van der Waals surface area contributed by atoms with Crippen molar-refractivity contribution in [3.8, 4) is 10.7 Å². The van der Waals surface area contributed by atoms with Crippen molar-refractivity contribution in [2.45, 2.75) is 43.6 Å². The van der Waals surface area contributed by atoms with Crippen LogP contribution < -0.4 is 16.5 Å². The molecule has 4 N–H and O–H groups in total. The Labute approximate surface area is 148 Å². The molecule has 2 aromatic heterocycles. The number of hydrogen-bond acceptors (Lipinski definition) is 7. The predicted octanol–water partition coefficient (Wildman–Crippen LogP) is 1.83. The van der Waals surface area contributed by atoms with E-state index in [2.05, 4.69) is 20.8 Å². The molecule has 1 atom stereocenters. The number of thioether (sulfide) groups is 1. The van der Waals surface area contributed by atoms with Gasteiger partial charge in [-0.3, -0.25) is 10.1 Å². The number of urea groups is 1. The molecule has 2 rings (SSSR count). The molecule has 0 spiro atoms. The molecule has 0 aliphatic heterocycles. The number of aromatic nitrogens is 3. The van der Waals surface area contributed by atoms with Crippen molar-refractivity contribution in [3.63, 3.8) is 0 Å². The lowest BCUT2D eigenvalue weighted by Gasteiger charge is -2.21. The minimum atomic E-state index is -0.557. The first-order valence-corrected chi connectivity index (χ1v) is 8.97. The van der Waals surface area contributed by atoms with E-state index in [0.717, 1.165) is 16.6 Å². The second-order valence-corrected chi connectivity index (χ2v) is 8.36. The lowest BCUT2D eigenvalue weighted by atomic mass is 10.1. The number of carbonyl (C=O) groups is 2. The Morgan fingerprint density at radius 3 is 2.67 bits per heavy atom. The molecular weight excluding hydrogens is 348 g/mol. The summed E-state index contributed by atoms with van der Waals surface area (Å²) >= 11 is 2.63. The second-order valence-electron chi connectivity index (χ2n) is 6.11. The average molecular weight is 368 g/mol. The summed E-state index contributed by atoms with van der Waals surface area (Å²) in [7, 11) is 0. The Hall–Kier alpha value is -2.07. The molecule has 8 nitrogen and oxygen atoms in total. The van der Waals surface area contributed by atoms with Crippen molar-refractivity contribution in [1.82, 2.24) is 25.5 Å². The van der Waals surface area contributed by atoms with E-state index in [0.29, 0.717) is 11.0 Å². The zero-order valence-corrected chi connectivity index (χ0v) is 15.5. The quantitative estimate of drug-likeness (QED) is 0.560. The number of nitrogens with one attached hydrogen (secondary N) is 2. The molecular formula is C14H20N6O2S2. The van der Waals surface area contributed by atoms with Gasteiger partial charge in [0.1, 0.15) is 0 Å². The van der Waals surface area contributed by atoms with Gasteiger partial charge in [0.2, 0.25) is 11.1 Å². The molecule has 0 bridgehead atoms. The number of amides is 3. The van der Waals surface area contributed by atoms with Gasteiger partial charge in [0.05, 0.1) is 10.1 Å². The fourth-order valence-electron chi connectivity index (χ4n) is 1.73. The van der Waals surface area contributed by atoms with E-state index in [1.807, 2.05) is 38.3 Å². The Morgan fingerprint density at radius 1 is 1.38 bits per heavy atom. The minimum Gasteiger partial charge on any atom is -0.335 e. The van der Waals surface area contributed by atoms with Crippen LogP contribution in [0.3, 0.4) is 0 Å². The van der Waals surface area contributed by atoms with Crippen molar-refractivity contribution in [2.24, 2.45) is 0 Å². The number of rotatable bonds is 4. The first-order chi connectivity index (χ1) is 11.2. The summed E-state index contributed by atoms with van der Waals surface area (Å²) in [5, 5.41) is 14.8. The number of nitrogens with zero attached hydrogens (tertiary/aromatic N) is 3. The zero-order chi connectivity index (χ0) is 17.9. The highest BCUT2D eigenvalue weighted by atomic mass is 32.2. The lowest BCUT2D eigenvalue weighted by molar-refractivity contribution is -0.119. The molecule has 2 heterocycles. The second kappa shape index (κ2) is 7.22. The Bertz CT molecular complexity index is 720. The highest BCUT2D eigenvalue weighted by Crippen LogP contribution is 2.27. The number of thiophene rings is 1. The molecule has 130 valence electrons. The maximum atomic E-state index is 12.1. The smallest absolute Gasteiger partial charge is 0.321 e. The maximum Gasteiger partial charge on any atom is 0.321 e. The van der Waals surface area contributed by atoms with E-state index < -0.39 is 22.7 Å². The zero-order valence-electron chi connectivity index (χ0n) is 13.9. The van der Waals surface area contributed by atoms with Crippen molar-refractivity contribution < 1.29 is 9.59 Å². The van der Waals surface area contributed by atoms with Crippen molar-refractivity contribution in [2.75, 3.05) is 5.84 Å². The van der Waals surface area contributed by atoms with Crippen LogP contribution in [0.1, 0.15) is 27.7 Å². The van der Waals surface area contributed by atoms with Gasteiger partial charge in [-0.15, -0.1) is 21.5 Å². The predicted molar refractivity (Wildman–Crippen MR) is 95.2 cm³/mol. The summed E-state index contributed by atoms with van der Waals surface area (Å²) in [6.45, 7) is 7.17. The SMILES string of the molecule is CC(Sc1nnc(-c2cccs2)n1N)C(=O)NC(=O)NC(C)(C)C. The number of imide groups is 1. The molecule has 0 radical (unpaired) electrons. The number of hydrogen-bond donors (Lipinski definition) is 3. The van der Waals surface area contributed by atoms with Crippen LogP contribution in [0.4, 0.5) is 4.79 Å². The van der Waals surface area contributed by atoms with Gasteiger partial charge in [0, 0.05) is 5.54 Å². The van der Waals surface area contributed by atoms with Gasteiger partial charge in [-0.05, 0) is 39.1 Å². The van der Waals surface area contributed by atoms with Crippen molar-refractivity contribution >= 4 is 35.0 Å². The van der Waals surface area contributed by atoms with Crippen LogP contribution in [0, 0.1) is 0 Å². The number of nitrogens with two attached hydrogens (primary N) is 1. The van der Waals surface area contributed by atoms with Crippen LogP contribution in [0.5, 0.6) is 0 Å². The van der Waals surface area contributed by atoms with E-state index in [-0.39, 0.29) is 0 Å². The Balaban J connectivity index is 1.98. The van der Waals surface area contributed by atoms with Gasteiger partial charge in [0.15, 0.2) is 5.82 Å². The number of carbonyl (C=O) groups excluding carboxylic acids is 2. The van der Waals surface area contributed by atoms with E-state index in [4.69, 9.17) is 5.84 Å². The normalized spacial score (nSPS) is 12.7. The van der Waals surface area contributed by atoms with Gasteiger partial charge < -0.3 is 11.2 Å². The van der Waals surface area contributed by atoms with E-state index in [9.17, 15) is 9.59 Å². The molecule has 2 aromatic rings. The summed E-state index contributed by atoms with van der Waals surface area (Å²) in [4.78, 5) is 24.7. The van der Waals surface area contributed by atoms with Crippen LogP contribution in [-0.2, 0) is 4.79 Å². The first-order valence-electron chi connectivity index (χ1n) is 7.21. The number of nitrogen functional groups attached to an aromatic ring is 1. The van der Waals surface area contributed by atoms with Gasteiger partial charge in [-0.2, -0.15) is 0 Å².